The van der Waals surface area contributed by atoms with Gasteiger partial charge < -0.3 is 14.2 Å². The van der Waals surface area contributed by atoms with Crippen LogP contribution in [0, 0.1) is 0 Å². The quantitative estimate of drug-likeness (QED) is 0.804. The van der Waals surface area contributed by atoms with Gasteiger partial charge in [-0.05, 0) is 36.6 Å². The molecule has 1 fully saturated rings. The highest BCUT2D eigenvalue weighted by Crippen LogP contribution is 2.23. The zero-order valence-corrected chi connectivity index (χ0v) is 15.0. The fraction of sp³-hybridized carbons (Fsp3) is 0.333. The van der Waals surface area contributed by atoms with Gasteiger partial charge in [-0.1, -0.05) is 34.1 Å². The lowest BCUT2D eigenvalue weighted by molar-refractivity contribution is -0.134. The van der Waals surface area contributed by atoms with Crippen molar-refractivity contribution in [3.63, 3.8) is 0 Å². The highest BCUT2D eigenvalue weighted by Gasteiger charge is 2.36. The minimum atomic E-state index is -0.421. The highest BCUT2D eigenvalue weighted by molar-refractivity contribution is 9.10. The minimum Gasteiger partial charge on any atom is -0.459 e. The van der Waals surface area contributed by atoms with Gasteiger partial charge in [-0.25, -0.2) is 0 Å². The first-order chi connectivity index (χ1) is 11.6. The molecule has 1 aromatic heterocycles. The number of halogens is 1. The first-order valence-corrected chi connectivity index (χ1v) is 8.70. The van der Waals surface area contributed by atoms with Gasteiger partial charge in [0, 0.05) is 24.6 Å². The van der Waals surface area contributed by atoms with Crippen molar-refractivity contribution in [1.82, 2.24) is 9.80 Å². The van der Waals surface area contributed by atoms with Crippen molar-refractivity contribution in [3.8, 4) is 0 Å². The van der Waals surface area contributed by atoms with Gasteiger partial charge in [0.2, 0.25) is 5.91 Å². The van der Waals surface area contributed by atoms with E-state index in [2.05, 4.69) is 15.9 Å². The zero-order valence-electron chi connectivity index (χ0n) is 13.4. The van der Waals surface area contributed by atoms with Crippen LogP contribution in [-0.4, -0.2) is 41.2 Å². The van der Waals surface area contributed by atoms with Crippen molar-refractivity contribution in [2.24, 2.45) is 0 Å². The molecule has 5 nitrogen and oxygen atoms in total. The van der Waals surface area contributed by atoms with Gasteiger partial charge in [-0.2, -0.15) is 0 Å². The van der Waals surface area contributed by atoms with Crippen molar-refractivity contribution in [1.29, 1.82) is 0 Å². The molecule has 0 N–H and O–H groups in total. The SMILES string of the molecule is CN(Cc1ccccc1Br)C(=O)C1CCCN1C(=O)c1ccco1. The summed E-state index contributed by atoms with van der Waals surface area (Å²) in [6, 6.07) is 10.7. The van der Waals surface area contributed by atoms with Crippen LogP contribution in [0.4, 0.5) is 0 Å². The minimum absolute atomic E-state index is 0.0387. The van der Waals surface area contributed by atoms with Gasteiger partial charge in [0.05, 0.1) is 6.26 Å². The molecule has 1 atom stereocenters. The van der Waals surface area contributed by atoms with Crippen molar-refractivity contribution in [2.75, 3.05) is 13.6 Å². The van der Waals surface area contributed by atoms with Crippen LogP contribution in [0.25, 0.3) is 0 Å². The van der Waals surface area contributed by atoms with E-state index in [1.54, 1.807) is 29.0 Å². The summed E-state index contributed by atoms with van der Waals surface area (Å²) in [6.45, 7) is 1.08. The molecule has 2 heterocycles. The monoisotopic (exact) mass is 390 g/mol. The Morgan fingerprint density at radius 1 is 1.29 bits per heavy atom. The molecule has 1 aliphatic rings. The summed E-state index contributed by atoms with van der Waals surface area (Å²) in [5.41, 5.74) is 1.04. The van der Waals surface area contributed by atoms with E-state index in [9.17, 15) is 9.59 Å². The molecule has 3 rings (SSSR count). The van der Waals surface area contributed by atoms with Gasteiger partial charge in [-0.15, -0.1) is 0 Å². The number of rotatable bonds is 4. The van der Waals surface area contributed by atoms with E-state index in [4.69, 9.17) is 4.42 Å². The van der Waals surface area contributed by atoms with E-state index in [-0.39, 0.29) is 17.6 Å². The fourth-order valence-corrected chi connectivity index (χ4v) is 3.43. The predicted molar refractivity (Wildman–Crippen MR) is 93.4 cm³/mol. The third-order valence-corrected chi connectivity index (χ3v) is 5.05. The third-order valence-electron chi connectivity index (χ3n) is 4.27. The maximum atomic E-state index is 12.8. The number of carbonyl (C=O) groups is 2. The van der Waals surface area contributed by atoms with Crippen molar-refractivity contribution in [3.05, 3.63) is 58.5 Å². The molecule has 0 bridgehead atoms. The summed E-state index contributed by atoms with van der Waals surface area (Å²) < 4.78 is 6.16. The second-order valence-electron chi connectivity index (χ2n) is 5.92. The lowest BCUT2D eigenvalue weighted by Gasteiger charge is -2.27. The molecule has 6 heteroatoms. The molecule has 2 amide bonds. The van der Waals surface area contributed by atoms with Gasteiger partial charge in [0.1, 0.15) is 6.04 Å². The van der Waals surface area contributed by atoms with Crippen LogP contribution in [0.2, 0.25) is 0 Å². The van der Waals surface area contributed by atoms with E-state index in [1.807, 2.05) is 24.3 Å². The highest BCUT2D eigenvalue weighted by atomic mass is 79.9. The number of furan rings is 1. The molecular formula is C18H19BrN2O3. The van der Waals surface area contributed by atoms with Gasteiger partial charge in [0.15, 0.2) is 5.76 Å². The Kier molecular flexibility index (Phi) is 5.04. The lowest BCUT2D eigenvalue weighted by Crippen LogP contribution is -2.46. The Morgan fingerprint density at radius 3 is 2.79 bits per heavy atom. The Hall–Kier alpha value is -2.08. The van der Waals surface area contributed by atoms with E-state index in [0.717, 1.165) is 16.5 Å². The number of likely N-dealkylation sites (tertiary alicyclic amines) is 1. The van der Waals surface area contributed by atoms with Crippen LogP contribution < -0.4 is 0 Å². The predicted octanol–water partition coefficient (Wildman–Crippen LogP) is 3.31. The Bertz CT molecular complexity index is 730. The van der Waals surface area contributed by atoms with Crippen LogP contribution in [0.15, 0.2) is 51.6 Å². The number of nitrogens with zero attached hydrogens (tertiary/aromatic N) is 2. The normalized spacial score (nSPS) is 17.1. The summed E-state index contributed by atoms with van der Waals surface area (Å²) in [5, 5.41) is 0. The van der Waals surface area contributed by atoms with E-state index >= 15 is 0 Å². The van der Waals surface area contributed by atoms with Crippen LogP contribution in [-0.2, 0) is 11.3 Å². The molecule has 0 radical (unpaired) electrons. The van der Waals surface area contributed by atoms with E-state index in [0.29, 0.717) is 19.5 Å². The molecule has 0 saturated carbocycles. The summed E-state index contributed by atoms with van der Waals surface area (Å²) in [4.78, 5) is 28.6. The third kappa shape index (κ3) is 3.38. The summed E-state index contributed by atoms with van der Waals surface area (Å²) >= 11 is 3.50. The summed E-state index contributed by atoms with van der Waals surface area (Å²) in [6.07, 6.45) is 2.98. The molecule has 126 valence electrons. The van der Waals surface area contributed by atoms with E-state index < -0.39 is 6.04 Å². The van der Waals surface area contributed by atoms with Crippen LogP contribution in [0.5, 0.6) is 0 Å². The van der Waals surface area contributed by atoms with Crippen LogP contribution >= 0.6 is 15.9 Å². The average Bonchev–Trinajstić information content (AvgIpc) is 3.27. The largest absolute Gasteiger partial charge is 0.459 e. The molecule has 1 aromatic carbocycles. The number of likely N-dealkylation sites (N-methyl/N-ethyl adjacent to an activating group) is 1. The number of carbonyl (C=O) groups excluding carboxylic acids is 2. The van der Waals surface area contributed by atoms with Crippen molar-refractivity contribution < 1.29 is 14.0 Å². The lowest BCUT2D eigenvalue weighted by atomic mass is 10.1. The molecule has 1 aliphatic heterocycles. The topological polar surface area (TPSA) is 53.8 Å². The maximum absolute atomic E-state index is 12.8. The van der Waals surface area contributed by atoms with Gasteiger partial charge >= 0.3 is 0 Å². The molecular weight excluding hydrogens is 372 g/mol. The first-order valence-electron chi connectivity index (χ1n) is 7.91. The molecule has 24 heavy (non-hydrogen) atoms. The maximum Gasteiger partial charge on any atom is 0.290 e. The number of hydrogen-bond donors (Lipinski definition) is 0. The zero-order chi connectivity index (χ0) is 17.1. The fourth-order valence-electron chi connectivity index (χ4n) is 3.02. The number of benzene rings is 1. The Morgan fingerprint density at radius 2 is 2.08 bits per heavy atom. The van der Waals surface area contributed by atoms with Gasteiger partial charge in [-0.3, -0.25) is 9.59 Å². The summed E-state index contributed by atoms with van der Waals surface area (Å²) in [5.74, 6) is 0.0245. The molecule has 1 saturated heterocycles. The molecule has 2 aromatic rings. The Balaban J connectivity index is 1.71. The number of hydrogen-bond acceptors (Lipinski definition) is 3. The average molecular weight is 391 g/mol. The number of amides is 2. The second kappa shape index (κ2) is 7.21. The van der Waals surface area contributed by atoms with Gasteiger partial charge in [0.25, 0.3) is 5.91 Å². The molecule has 0 spiro atoms. The smallest absolute Gasteiger partial charge is 0.290 e. The van der Waals surface area contributed by atoms with Crippen LogP contribution in [0.1, 0.15) is 29.0 Å². The van der Waals surface area contributed by atoms with Crippen molar-refractivity contribution in [2.45, 2.75) is 25.4 Å². The first kappa shape index (κ1) is 16.8. The standard InChI is InChI=1S/C18H19BrN2O3/c1-20(12-13-6-2-3-7-14(13)19)17(22)15-8-4-10-21(15)18(23)16-9-5-11-24-16/h2-3,5-7,9,11,15H,4,8,10,12H2,1H3. The summed E-state index contributed by atoms with van der Waals surface area (Å²) in [7, 11) is 1.77. The van der Waals surface area contributed by atoms with Crippen molar-refractivity contribution >= 4 is 27.7 Å². The Labute approximate surface area is 149 Å². The van der Waals surface area contributed by atoms with E-state index in [1.165, 1.54) is 6.26 Å². The van der Waals surface area contributed by atoms with Crippen LogP contribution in [0.3, 0.4) is 0 Å². The molecule has 1 unspecified atom stereocenters. The second-order valence-corrected chi connectivity index (χ2v) is 6.77. The molecule has 0 aliphatic carbocycles.